The highest BCUT2D eigenvalue weighted by Crippen LogP contribution is 2.32. The largest absolute Gasteiger partial charge is 0.465 e. The predicted molar refractivity (Wildman–Crippen MR) is 65.4 cm³/mol. The molecule has 4 unspecified atom stereocenters. The first-order valence-electron chi connectivity index (χ1n) is 6.67. The number of carbonyl (C=O) groups excluding carboxylic acids is 1. The van der Waals surface area contributed by atoms with Gasteiger partial charge in [0.15, 0.2) is 5.79 Å². The van der Waals surface area contributed by atoms with E-state index in [-0.39, 0.29) is 25.1 Å². The fraction of sp³-hybridized carbons (Fsp3) is 0.923. The molecule has 0 spiro atoms. The van der Waals surface area contributed by atoms with Crippen molar-refractivity contribution in [1.29, 1.82) is 0 Å². The van der Waals surface area contributed by atoms with Crippen LogP contribution in [-0.4, -0.2) is 55.0 Å². The van der Waals surface area contributed by atoms with Crippen LogP contribution in [0.15, 0.2) is 0 Å². The van der Waals surface area contributed by atoms with Gasteiger partial charge in [-0.2, -0.15) is 0 Å². The molecule has 4 atom stereocenters. The second kappa shape index (κ2) is 5.75. The molecule has 0 saturated carbocycles. The van der Waals surface area contributed by atoms with Gasteiger partial charge in [-0.05, 0) is 12.8 Å². The van der Waals surface area contributed by atoms with E-state index in [2.05, 4.69) is 0 Å². The van der Waals surface area contributed by atoms with Gasteiger partial charge in [0.25, 0.3) is 0 Å². The van der Waals surface area contributed by atoms with Crippen LogP contribution in [0.25, 0.3) is 0 Å². The molecule has 2 saturated heterocycles. The van der Waals surface area contributed by atoms with E-state index in [1.807, 2.05) is 13.8 Å². The van der Waals surface area contributed by atoms with Crippen LogP contribution in [-0.2, 0) is 23.7 Å². The first-order valence-corrected chi connectivity index (χ1v) is 6.67. The highest BCUT2D eigenvalue weighted by atomic mass is 16.7. The lowest BCUT2D eigenvalue weighted by molar-refractivity contribution is -0.310. The molecule has 0 aromatic rings. The molecular weight excluding hydrogens is 252 g/mol. The molecule has 0 radical (unpaired) electrons. The fourth-order valence-electron chi connectivity index (χ4n) is 2.20. The molecule has 2 aliphatic heterocycles. The summed E-state index contributed by atoms with van der Waals surface area (Å²) in [5.74, 6) is -1.12. The Hall–Kier alpha value is -0.690. The molecule has 2 heterocycles. The van der Waals surface area contributed by atoms with Crippen LogP contribution >= 0.6 is 0 Å². The van der Waals surface area contributed by atoms with Crippen LogP contribution in [0.2, 0.25) is 0 Å². The topological polar surface area (TPSA) is 74.2 Å². The Balaban J connectivity index is 1.87. The lowest BCUT2D eigenvalue weighted by Gasteiger charge is -2.39. The van der Waals surface area contributed by atoms with E-state index in [1.165, 1.54) is 0 Å². The van der Waals surface area contributed by atoms with Crippen molar-refractivity contribution in [1.82, 2.24) is 0 Å². The van der Waals surface area contributed by atoms with E-state index in [0.717, 1.165) is 0 Å². The maximum absolute atomic E-state index is 11.7. The molecule has 0 aromatic carbocycles. The van der Waals surface area contributed by atoms with E-state index in [4.69, 9.17) is 18.9 Å². The van der Waals surface area contributed by atoms with Crippen LogP contribution in [0.3, 0.4) is 0 Å². The molecule has 2 aliphatic rings. The summed E-state index contributed by atoms with van der Waals surface area (Å²) in [5.41, 5.74) is 0. The number of rotatable bonds is 4. The Morgan fingerprint density at radius 2 is 2.21 bits per heavy atom. The zero-order chi connectivity index (χ0) is 14.0. The number of hydrogen-bond donors (Lipinski definition) is 1. The average Bonchev–Trinajstić information content (AvgIpc) is 2.68. The Morgan fingerprint density at radius 1 is 1.47 bits per heavy atom. The van der Waals surface area contributed by atoms with Crippen LogP contribution in [0.5, 0.6) is 0 Å². The highest BCUT2D eigenvalue weighted by Gasteiger charge is 2.48. The maximum Gasteiger partial charge on any atom is 0.311 e. The van der Waals surface area contributed by atoms with Crippen LogP contribution in [0.4, 0.5) is 0 Å². The van der Waals surface area contributed by atoms with Crippen molar-refractivity contribution in [2.24, 2.45) is 5.92 Å². The smallest absolute Gasteiger partial charge is 0.311 e. The van der Waals surface area contributed by atoms with Crippen LogP contribution < -0.4 is 0 Å². The lowest BCUT2D eigenvalue weighted by atomic mass is 10.1. The Kier molecular flexibility index (Phi) is 4.45. The number of aliphatic hydroxyl groups excluding tert-OH is 1. The summed E-state index contributed by atoms with van der Waals surface area (Å²) < 4.78 is 21.7. The lowest BCUT2D eigenvalue weighted by Crippen LogP contribution is -2.52. The van der Waals surface area contributed by atoms with Gasteiger partial charge in [-0.3, -0.25) is 4.79 Å². The van der Waals surface area contributed by atoms with Gasteiger partial charge in [0, 0.05) is 0 Å². The summed E-state index contributed by atoms with van der Waals surface area (Å²) >= 11 is 0. The van der Waals surface area contributed by atoms with Gasteiger partial charge in [-0.1, -0.05) is 13.8 Å². The predicted octanol–water partition coefficient (Wildman–Crippen LogP) is 0.467. The third-order valence-corrected chi connectivity index (χ3v) is 3.21. The number of fused-ring (bicyclic) bond motifs is 1. The minimum Gasteiger partial charge on any atom is -0.465 e. The molecule has 0 aliphatic carbocycles. The van der Waals surface area contributed by atoms with Crippen LogP contribution in [0, 0.1) is 5.92 Å². The summed E-state index contributed by atoms with van der Waals surface area (Å²) in [6.07, 6.45) is -1.35. The number of ether oxygens (including phenoxy) is 4. The van der Waals surface area contributed by atoms with Crippen molar-refractivity contribution in [3.63, 3.8) is 0 Å². The summed E-state index contributed by atoms with van der Waals surface area (Å²) in [6.45, 7) is 6.57. The molecule has 0 bridgehead atoms. The molecular formula is C13H22O6. The summed E-state index contributed by atoms with van der Waals surface area (Å²) in [5, 5.41) is 9.75. The zero-order valence-corrected chi connectivity index (χ0v) is 11.6. The van der Waals surface area contributed by atoms with Crippen molar-refractivity contribution in [2.45, 2.75) is 51.3 Å². The average molecular weight is 274 g/mol. The third kappa shape index (κ3) is 3.66. The maximum atomic E-state index is 11.7. The molecule has 2 rings (SSSR count). The minimum atomic E-state index is -1.05. The van der Waals surface area contributed by atoms with Gasteiger partial charge in [0.2, 0.25) is 0 Å². The van der Waals surface area contributed by atoms with Gasteiger partial charge < -0.3 is 24.1 Å². The van der Waals surface area contributed by atoms with Crippen molar-refractivity contribution >= 4 is 5.97 Å². The first-order chi connectivity index (χ1) is 8.89. The van der Waals surface area contributed by atoms with Gasteiger partial charge in [-0.15, -0.1) is 0 Å². The second-order valence-electron chi connectivity index (χ2n) is 5.72. The summed E-state index contributed by atoms with van der Waals surface area (Å²) in [7, 11) is 0. The van der Waals surface area contributed by atoms with Gasteiger partial charge >= 0.3 is 5.97 Å². The van der Waals surface area contributed by atoms with E-state index in [0.29, 0.717) is 19.1 Å². The molecule has 0 aromatic heterocycles. The van der Waals surface area contributed by atoms with E-state index < -0.39 is 18.0 Å². The van der Waals surface area contributed by atoms with Crippen molar-refractivity contribution in [2.75, 3.05) is 19.8 Å². The van der Waals surface area contributed by atoms with Gasteiger partial charge in [0.05, 0.1) is 26.2 Å². The molecule has 1 N–H and O–H groups in total. The molecule has 6 nitrogen and oxygen atoms in total. The van der Waals surface area contributed by atoms with Crippen molar-refractivity contribution in [3.8, 4) is 0 Å². The van der Waals surface area contributed by atoms with Gasteiger partial charge in [0.1, 0.15) is 18.3 Å². The number of hydrogen-bond acceptors (Lipinski definition) is 6. The molecule has 0 amide bonds. The van der Waals surface area contributed by atoms with Crippen molar-refractivity contribution < 1.29 is 28.8 Å². The number of carbonyl (C=O) groups is 1. The van der Waals surface area contributed by atoms with Crippen LogP contribution in [0.1, 0.15) is 27.2 Å². The number of esters is 1. The molecule has 19 heavy (non-hydrogen) atoms. The third-order valence-electron chi connectivity index (χ3n) is 3.21. The Labute approximate surface area is 113 Å². The standard InChI is InChI=1S/C13H22O6/c1-8(2)5-17-11(15)4-13(3)18-7-10-12(19-13)9(14)6-16-10/h8-10,12,14H,4-7H2,1-3H3. The summed E-state index contributed by atoms with van der Waals surface area (Å²) in [6, 6.07) is 0. The van der Waals surface area contributed by atoms with Crippen molar-refractivity contribution in [3.05, 3.63) is 0 Å². The highest BCUT2D eigenvalue weighted by molar-refractivity contribution is 5.70. The zero-order valence-electron chi connectivity index (χ0n) is 11.6. The Bertz CT molecular complexity index is 331. The number of aliphatic hydroxyl groups is 1. The Morgan fingerprint density at radius 3 is 2.89 bits per heavy atom. The normalized spacial score (nSPS) is 38.3. The quantitative estimate of drug-likeness (QED) is 0.751. The fourth-order valence-corrected chi connectivity index (χ4v) is 2.20. The SMILES string of the molecule is CC(C)COC(=O)CC1(C)OCC2OCC(O)C2O1. The van der Waals surface area contributed by atoms with E-state index in [1.54, 1.807) is 6.92 Å². The van der Waals surface area contributed by atoms with E-state index >= 15 is 0 Å². The first kappa shape index (κ1) is 14.7. The molecule has 2 fully saturated rings. The minimum absolute atomic E-state index is 0.00958. The monoisotopic (exact) mass is 274 g/mol. The molecule has 6 heteroatoms. The molecule has 110 valence electrons. The van der Waals surface area contributed by atoms with E-state index in [9.17, 15) is 9.90 Å². The summed E-state index contributed by atoms with van der Waals surface area (Å²) in [4.78, 5) is 11.7. The second-order valence-corrected chi connectivity index (χ2v) is 5.72. The van der Waals surface area contributed by atoms with Gasteiger partial charge in [-0.25, -0.2) is 0 Å².